The van der Waals surface area contributed by atoms with Crippen LogP contribution >= 0.6 is 23.2 Å². The Hall–Kier alpha value is -1.64. The van der Waals surface area contributed by atoms with E-state index in [1.54, 1.807) is 18.2 Å². The van der Waals surface area contributed by atoms with Crippen molar-refractivity contribution in [2.75, 3.05) is 0 Å². The normalized spacial score (nSPS) is 20.9. The van der Waals surface area contributed by atoms with Crippen LogP contribution in [0.25, 0.3) is 0 Å². The number of rotatable bonds is 6. The fourth-order valence-electron chi connectivity index (χ4n) is 4.09. The standard InChI is InChI=1S/C23H24Cl2O2/c1-15(26)21(14-19-13-20(24)11-12-22(19)25)23(27)18-9-7-17(8-10-18)16-5-3-2-4-6-16/h2-6,11-13,17-18,21H,7-10,14H2,1H3. The molecule has 1 unspecified atom stereocenters. The zero-order valence-electron chi connectivity index (χ0n) is 15.5. The topological polar surface area (TPSA) is 34.1 Å². The Balaban J connectivity index is 1.67. The van der Waals surface area contributed by atoms with E-state index in [2.05, 4.69) is 24.3 Å². The zero-order valence-corrected chi connectivity index (χ0v) is 17.0. The van der Waals surface area contributed by atoms with Gasteiger partial charge in [-0.15, -0.1) is 0 Å². The van der Waals surface area contributed by atoms with Gasteiger partial charge in [0.05, 0.1) is 5.92 Å². The van der Waals surface area contributed by atoms with Gasteiger partial charge in [-0.3, -0.25) is 9.59 Å². The van der Waals surface area contributed by atoms with E-state index in [0.717, 1.165) is 31.2 Å². The first-order chi connectivity index (χ1) is 13.0. The van der Waals surface area contributed by atoms with Crippen molar-refractivity contribution in [2.45, 2.75) is 44.9 Å². The Morgan fingerprint density at radius 1 is 1.00 bits per heavy atom. The van der Waals surface area contributed by atoms with Crippen molar-refractivity contribution in [3.63, 3.8) is 0 Å². The van der Waals surface area contributed by atoms with Crippen LogP contribution in [0, 0.1) is 11.8 Å². The van der Waals surface area contributed by atoms with Crippen molar-refractivity contribution in [3.8, 4) is 0 Å². The summed E-state index contributed by atoms with van der Waals surface area (Å²) in [5, 5.41) is 1.11. The first-order valence-corrected chi connectivity index (χ1v) is 10.2. The Morgan fingerprint density at radius 2 is 1.67 bits per heavy atom. The second-order valence-electron chi connectivity index (χ2n) is 7.46. The first kappa shape index (κ1) is 20.1. The minimum Gasteiger partial charge on any atom is -0.299 e. The molecule has 0 N–H and O–H groups in total. The summed E-state index contributed by atoms with van der Waals surface area (Å²) in [6.45, 7) is 1.50. The number of benzene rings is 2. The van der Waals surface area contributed by atoms with Crippen LogP contribution in [0.4, 0.5) is 0 Å². The first-order valence-electron chi connectivity index (χ1n) is 9.48. The SMILES string of the molecule is CC(=O)C(Cc1cc(Cl)ccc1Cl)C(=O)C1CCC(c2ccccc2)CC1. The average Bonchev–Trinajstić information content (AvgIpc) is 2.68. The third-order valence-electron chi connectivity index (χ3n) is 5.67. The van der Waals surface area contributed by atoms with Gasteiger partial charge in [0, 0.05) is 16.0 Å². The number of halogens is 2. The molecule has 0 aromatic heterocycles. The molecule has 0 heterocycles. The van der Waals surface area contributed by atoms with Crippen LogP contribution in [0.5, 0.6) is 0 Å². The molecule has 1 fully saturated rings. The van der Waals surface area contributed by atoms with E-state index in [0.29, 0.717) is 22.4 Å². The average molecular weight is 403 g/mol. The molecule has 1 atom stereocenters. The minimum absolute atomic E-state index is 0.0446. The number of hydrogen-bond acceptors (Lipinski definition) is 2. The molecule has 1 aliphatic rings. The van der Waals surface area contributed by atoms with Crippen LogP contribution in [-0.2, 0) is 16.0 Å². The molecule has 0 bridgehead atoms. The Labute approximate surface area is 170 Å². The Bertz CT molecular complexity index is 808. The van der Waals surface area contributed by atoms with Gasteiger partial charge in [0.1, 0.15) is 11.6 Å². The smallest absolute Gasteiger partial charge is 0.146 e. The fraction of sp³-hybridized carbons (Fsp3) is 0.391. The van der Waals surface area contributed by atoms with Gasteiger partial charge in [0.15, 0.2) is 0 Å². The third kappa shape index (κ3) is 5.00. The highest BCUT2D eigenvalue weighted by atomic mass is 35.5. The molecule has 27 heavy (non-hydrogen) atoms. The Morgan fingerprint density at radius 3 is 2.30 bits per heavy atom. The molecule has 0 amide bonds. The van der Waals surface area contributed by atoms with E-state index >= 15 is 0 Å². The van der Waals surface area contributed by atoms with Crippen LogP contribution in [0.3, 0.4) is 0 Å². The highest BCUT2D eigenvalue weighted by molar-refractivity contribution is 6.33. The zero-order chi connectivity index (χ0) is 19.4. The number of carbonyl (C=O) groups is 2. The summed E-state index contributed by atoms with van der Waals surface area (Å²) in [6, 6.07) is 15.6. The van der Waals surface area contributed by atoms with Gasteiger partial charge in [-0.25, -0.2) is 0 Å². The molecule has 2 aromatic rings. The van der Waals surface area contributed by atoms with Crippen LogP contribution in [0.2, 0.25) is 10.0 Å². The quantitative estimate of drug-likeness (QED) is 0.532. The number of ketones is 2. The molecule has 4 heteroatoms. The highest BCUT2D eigenvalue weighted by Crippen LogP contribution is 2.37. The maximum absolute atomic E-state index is 13.1. The van der Waals surface area contributed by atoms with Crippen molar-refractivity contribution in [3.05, 3.63) is 69.7 Å². The molecule has 0 saturated heterocycles. The van der Waals surface area contributed by atoms with E-state index in [4.69, 9.17) is 23.2 Å². The Kier molecular flexibility index (Phi) is 6.73. The van der Waals surface area contributed by atoms with Crippen LogP contribution < -0.4 is 0 Å². The summed E-state index contributed by atoms with van der Waals surface area (Å²) in [4.78, 5) is 25.3. The molecule has 0 radical (unpaired) electrons. The predicted molar refractivity (Wildman–Crippen MR) is 110 cm³/mol. The molecule has 0 aliphatic heterocycles. The van der Waals surface area contributed by atoms with Crippen LogP contribution in [0.15, 0.2) is 48.5 Å². The molecular weight excluding hydrogens is 379 g/mol. The highest BCUT2D eigenvalue weighted by Gasteiger charge is 2.33. The summed E-state index contributed by atoms with van der Waals surface area (Å²) >= 11 is 12.3. The summed E-state index contributed by atoms with van der Waals surface area (Å²) in [7, 11) is 0. The monoisotopic (exact) mass is 402 g/mol. The van der Waals surface area contributed by atoms with Crippen molar-refractivity contribution >= 4 is 34.8 Å². The second-order valence-corrected chi connectivity index (χ2v) is 8.31. The van der Waals surface area contributed by atoms with Gasteiger partial charge in [-0.1, -0.05) is 53.5 Å². The third-order valence-corrected chi connectivity index (χ3v) is 6.27. The summed E-state index contributed by atoms with van der Waals surface area (Å²) in [5.41, 5.74) is 2.10. The number of hydrogen-bond donors (Lipinski definition) is 0. The maximum atomic E-state index is 13.1. The molecule has 2 nitrogen and oxygen atoms in total. The van der Waals surface area contributed by atoms with Crippen molar-refractivity contribution in [2.24, 2.45) is 11.8 Å². The summed E-state index contributed by atoms with van der Waals surface area (Å²) in [5.74, 6) is -0.212. The van der Waals surface area contributed by atoms with Gasteiger partial charge in [0.2, 0.25) is 0 Å². The van der Waals surface area contributed by atoms with Gasteiger partial charge in [0.25, 0.3) is 0 Å². The van der Waals surface area contributed by atoms with Crippen molar-refractivity contribution in [1.29, 1.82) is 0 Å². The van der Waals surface area contributed by atoms with E-state index < -0.39 is 5.92 Å². The second kappa shape index (κ2) is 9.03. The lowest BCUT2D eigenvalue weighted by Gasteiger charge is -2.30. The van der Waals surface area contributed by atoms with Crippen molar-refractivity contribution in [1.82, 2.24) is 0 Å². The van der Waals surface area contributed by atoms with Crippen molar-refractivity contribution < 1.29 is 9.59 Å². The molecule has 3 rings (SSSR count). The predicted octanol–water partition coefficient (Wildman–Crippen LogP) is 6.28. The molecular formula is C23H24Cl2O2. The van der Waals surface area contributed by atoms with Crippen LogP contribution in [0.1, 0.15) is 49.7 Å². The number of carbonyl (C=O) groups excluding carboxylic acids is 2. The molecule has 0 spiro atoms. The van der Waals surface area contributed by atoms with Crippen LogP contribution in [-0.4, -0.2) is 11.6 Å². The van der Waals surface area contributed by atoms with E-state index in [1.807, 2.05) is 6.07 Å². The van der Waals surface area contributed by atoms with Gasteiger partial charge < -0.3 is 0 Å². The number of Topliss-reactive ketones (excluding diaryl/α,β-unsaturated/α-hetero) is 2. The van der Waals surface area contributed by atoms with Gasteiger partial charge in [-0.2, -0.15) is 0 Å². The molecule has 1 aliphatic carbocycles. The lowest BCUT2D eigenvalue weighted by Crippen LogP contribution is -2.32. The molecule has 1 saturated carbocycles. The van der Waals surface area contributed by atoms with E-state index in [-0.39, 0.29) is 17.5 Å². The lowest BCUT2D eigenvalue weighted by molar-refractivity contribution is -0.134. The fourth-order valence-corrected chi connectivity index (χ4v) is 4.47. The summed E-state index contributed by atoms with van der Waals surface area (Å²) in [6.07, 6.45) is 3.98. The van der Waals surface area contributed by atoms with Gasteiger partial charge in [-0.05, 0) is 74.3 Å². The molecule has 2 aromatic carbocycles. The van der Waals surface area contributed by atoms with Gasteiger partial charge >= 0.3 is 0 Å². The largest absolute Gasteiger partial charge is 0.299 e. The molecule has 142 valence electrons. The lowest BCUT2D eigenvalue weighted by atomic mass is 9.73. The summed E-state index contributed by atoms with van der Waals surface area (Å²) < 4.78 is 0. The maximum Gasteiger partial charge on any atom is 0.146 e. The van der Waals surface area contributed by atoms with E-state index in [9.17, 15) is 9.59 Å². The van der Waals surface area contributed by atoms with E-state index in [1.165, 1.54) is 12.5 Å². The minimum atomic E-state index is -0.640.